The van der Waals surface area contributed by atoms with Gasteiger partial charge >= 0.3 is 0 Å². The van der Waals surface area contributed by atoms with E-state index in [1.165, 1.54) is 0 Å². The molecule has 0 heterocycles. The second kappa shape index (κ2) is 5.29. The number of aliphatic hydroxyl groups excluding tert-OH is 1. The van der Waals surface area contributed by atoms with Gasteiger partial charge in [0.15, 0.2) is 0 Å². The summed E-state index contributed by atoms with van der Waals surface area (Å²) in [5.41, 5.74) is 5.72. The van der Waals surface area contributed by atoms with Crippen molar-refractivity contribution in [3.63, 3.8) is 0 Å². The van der Waals surface area contributed by atoms with Crippen LogP contribution in [0.4, 0.5) is 8.78 Å². The summed E-state index contributed by atoms with van der Waals surface area (Å²) in [6.07, 6.45) is -0.877. The van der Waals surface area contributed by atoms with Gasteiger partial charge in [-0.15, -0.1) is 0 Å². The number of hydrogen-bond donors (Lipinski definition) is 2. The topological polar surface area (TPSA) is 46.2 Å². The Morgan fingerprint density at radius 3 is 2.57 bits per heavy atom. The average molecular weight is 219 g/mol. The number of benzene rings is 1. The molecular weight excluding hydrogens is 208 g/mol. The lowest BCUT2D eigenvalue weighted by Gasteiger charge is -2.12. The molecule has 14 heavy (non-hydrogen) atoms. The molecule has 78 valence electrons. The molecule has 1 atom stereocenters. The number of alkyl halides is 2. The van der Waals surface area contributed by atoms with Gasteiger partial charge in [0.25, 0.3) is 5.76 Å². The third kappa shape index (κ3) is 2.94. The fraction of sp³-hybridized carbons (Fsp3) is 0.333. The van der Waals surface area contributed by atoms with E-state index >= 15 is 0 Å². The smallest absolute Gasteiger partial charge is 0.288 e. The number of halogens is 2. The minimum Gasteiger partial charge on any atom is -0.387 e. The molecule has 1 aromatic carbocycles. The van der Waals surface area contributed by atoms with Gasteiger partial charge in [0.05, 0.1) is 6.10 Å². The van der Waals surface area contributed by atoms with Crippen LogP contribution >= 0.6 is 11.8 Å². The van der Waals surface area contributed by atoms with E-state index in [-0.39, 0.29) is 6.54 Å². The summed E-state index contributed by atoms with van der Waals surface area (Å²) < 4.78 is 24.2. The SMILES string of the molecule is NCC(O)c1ccccc1SC(F)F. The summed E-state index contributed by atoms with van der Waals surface area (Å²) in [5.74, 6) is -2.49. The summed E-state index contributed by atoms with van der Waals surface area (Å²) in [6.45, 7) is 0.0286. The molecular formula is C9H11F2NOS. The zero-order chi connectivity index (χ0) is 10.6. The summed E-state index contributed by atoms with van der Waals surface area (Å²) in [6, 6.07) is 6.48. The van der Waals surface area contributed by atoms with Crippen LogP contribution in [0.1, 0.15) is 11.7 Å². The minimum absolute atomic E-state index is 0.0286. The molecule has 0 fully saturated rings. The first-order valence-electron chi connectivity index (χ1n) is 4.07. The number of hydrogen-bond acceptors (Lipinski definition) is 3. The molecule has 0 aliphatic heterocycles. The summed E-state index contributed by atoms with van der Waals surface area (Å²) >= 11 is 0.420. The molecule has 5 heteroatoms. The predicted molar refractivity (Wildman–Crippen MR) is 52.3 cm³/mol. The Kier molecular flexibility index (Phi) is 4.31. The van der Waals surface area contributed by atoms with Crippen LogP contribution in [0.25, 0.3) is 0 Å². The van der Waals surface area contributed by atoms with Gasteiger partial charge in [0.2, 0.25) is 0 Å². The molecule has 0 aromatic heterocycles. The van der Waals surface area contributed by atoms with Crippen LogP contribution in [0.2, 0.25) is 0 Å². The number of nitrogens with two attached hydrogens (primary N) is 1. The lowest BCUT2D eigenvalue weighted by molar-refractivity contribution is 0.183. The van der Waals surface area contributed by atoms with Gasteiger partial charge in [-0.3, -0.25) is 0 Å². The van der Waals surface area contributed by atoms with E-state index in [2.05, 4.69) is 0 Å². The van der Waals surface area contributed by atoms with Crippen LogP contribution in [0.3, 0.4) is 0 Å². The molecule has 1 aromatic rings. The van der Waals surface area contributed by atoms with Crippen molar-refractivity contribution in [3.8, 4) is 0 Å². The van der Waals surface area contributed by atoms with Crippen LogP contribution in [-0.2, 0) is 0 Å². The molecule has 1 unspecified atom stereocenters. The maximum Gasteiger partial charge on any atom is 0.288 e. The quantitative estimate of drug-likeness (QED) is 0.761. The highest BCUT2D eigenvalue weighted by Crippen LogP contribution is 2.31. The first-order valence-corrected chi connectivity index (χ1v) is 4.95. The van der Waals surface area contributed by atoms with Gasteiger partial charge in [-0.05, 0) is 11.6 Å². The minimum atomic E-state index is -2.49. The maximum absolute atomic E-state index is 12.1. The Hall–Kier alpha value is -0.650. The summed E-state index contributed by atoms with van der Waals surface area (Å²) in [7, 11) is 0. The van der Waals surface area contributed by atoms with Crippen LogP contribution in [-0.4, -0.2) is 17.4 Å². The van der Waals surface area contributed by atoms with Crippen molar-refractivity contribution in [2.45, 2.75) is 16.8 Å². The highest BCUT2D eigenvalue weighted by molar-refractivity contribution is 7.99. The van der Waals surface area contributed by atoms with Crippen molar-refractivity contribution >= 4 is 11.8 Å². The van der Waals surface area contributed by atoms with Crippen molar-refractivity contribution in [1.82, 2.24) is 0 Å². The Morgan fingerprint density at radius 1 is 1.36 bits per heavy atom. The molecule has 0 radical (unpaired) electrons. The van der Waals surface area contributed by atoms with E-state index in [0.717, 1.165) is 0 Å². The Morgan fingerprint density at radius 2 is 2.00 bits per heavy atom. The average Bonchev–Trinajstić information content (AvgIpc) is 2.16. The standard InChI is InChI=1S/C9H11F2NOS/c10-9(11)14-8-4-2-1-3-6(8)7(13)5-12/h1-4,7,9,13H,5,12H2. The second-order valence-corrected chi connectivity index (χ2v) is 3.70. The molecule has 0 aliphatic carbocycles. The first kappa shape index (κ1) is 11.4. The van der Waals surface area contributed by atoms with Crippen molar-refractivity contribution in [2.75, 3.05) is 6.54 Å². The molecule has 0 aliphatic rings. The molecule has 0 saturated carbocycles. The van der Waals surface area contributed by atoms with Crippen molar-refractivity contribution in [2.24, 2.45) is 5.73 Å². The molecule has 2 nitrogen and oxygen atoms in total. The van der Waals surface area contributed by atoms with Crippen LogP contribution in [0, 0.1) is 0 Å². The first-order chi connectivity index (χ1) is 6.65. The molecule has 1 rings (SSSR count). The lowest BCUT2D eigenvalue weighted by atomic mass is 10.1. The van der Waals surface area contributed by atoms with Gasteiger partial charge < -0.3 is 10.8 Å². The number of aliphatic hydroxyl groups is 1. The fourth-order valence-corrected chi connectivity index (χ4v) is 1.78. The fourth-order valence-electron chi connectivity index (χ4n) is 1.09. The monoisotopic (exact) mass is 219 g/mol. The predicted octanol–water partition coefficient (Wildman–Crippen LogP) is 1.99. The molecule has 0 spiro atoms. The number of thioether (sulfide) groups is 1. The summed E-state index contributed by atoms with van der Waals surface area (Å²) in [5, 5.41) is 9.44. The third-order valence-corrected chi connectivity index (χ3v) is 2.52. The molecule has 0 amide bonds. The van der Waals surface area contributed by atoms with E-state index in [9.17, 15) is 13.9 Å². The highest BCUT2D eigenvalue weighted by atomic mass is 32.2. The van der Waals surface area contributed by atoms with E-state index in [4.69, 9.17) is 5.73 Å². The van der Waals surface area contributed by atoms with Crippen molar-refractivity contribution < 1.29 is 13.9 Å². The largest absolute Gasteiger partial charge is 0.387 e. The number of rotatable bonds is 4. The molecule has 0 bridgehead atoms. The van der Waals surface area contributed by atoms with Gasteiger partial charge in [-0.1, -0.05) is 30.0 Å². The Bertz CT molecular complexity index is 296. The molecule has 3 N–H and O–H groups in total. The Labute approximate surface area is 85.1 Å². The summed E-state index contributed by atoms with van der Waals surface area (Å²) in [4.78, 5) is 0.375. The van der Waals surface area contributed by atoms with E-state index < -0.39 is 11.9 Å². The van der Waals surface area contributed by atoms with Gasteiger partial charge in [-0.2, -0.15) is 8.78 Å². The van der Waals surface area contributed by atoms with Gasteiger partial charge in [0, 0.05) is 11.4 Å². The van der Waals surface area contributed by atoms with E-state index in [1.54, 1.807) is 24.3 Å². The van der Waals surface area contributed by atoms with Gasteiger partial charge in [-0.25, -0.2) is 0 Å². The van der Waals surface area contributed by atoms with E-state index in [1.807, 2.05) is 0 Å². The normalized spacial score (nSPS) is 13.2. The zero-order valence-electron chi connectivity index (χ0n) is 7.36. The Balaban J connectivity index is 2.91. The second-order valence-electron chi connectivity index (χ2n) is 2.67. The maximum atomic E-state index is 12.1. The van der Waals surface area contributed by atoms with Gasteiger partial charge in [0.1, 0.15) is 0 Å². The highest BCUT2D eigenvalue weighted by Gasteiger charge is 2.13. The van der Waals surface area contributed by atoms with Crippen LogP contribution in [0.15, 0.2) is 29.2 Å². The lowest BCUT2D eigenvalue weighted by Crippen LogP contribution is -2.12. The van der Waals surface area contributed by atoms with Crippen molar-refractivity contribution in [3.05, 3.63) is 29.8 Å². The third-order valence-electron chi connectivity index (χ3n) is 1.72. The van der Waals surface area contributed by atoms with E-state index in [0.29, 0.717) is 22.2 Å². The molecule has 0 saturated heterocycles. The van der Waals surface area contributed by atoms with Crippen LogP contribution in [0.5, 0.6) is 0 Å². The zero-order valence-corrected chi connectivity index (χ0v) is 8.18. The van der Waals surface area contributed by atoms with Crippen molar-refractivity contribution in [1.29, 1.82) is 0 Å². The van der Waals surface area contributed by atoms with Crippen LogP contribution < -0.4 is 5.73 Å².